The van der Waals surface area contributed by atoms with E-state index in [1.165, 1.54) is 6.20 Å². The quantitative estimate of drug-likeness (QED) is 0.697. The summed E-state index contributed by atoms with van der Waals surface area (Å²) in [5, 5.41) is 6.86. The first kappa shape index (κ1) is 12.9. The number of aromatic nitrogens is 4. The van der Waals surface area contributed by atoms with Gasteiger partial charge in [-0.25, -0.2) is 9.97 Å². The van der Waals surface area contributed by atoms with E-state index < -0.39 is 11.7 Å². The van der Waals surface area contributed by atoms with Crippen molar-refractivity contribution < 1.29 is 13.2 Å². The number of H-pyrrole nitrogens is 1. The van der Waals surface area contributed by atoms with Crippen LogP contribution in [0.15, 0.2) is 30.5 Å². The number of hydrogen-bond acceptors (Lipinski definition) is 3. The van der Waals surface area contributed by atoms with Gasteiger partial charge < -0.3 is 0 Å². The number of alkyl halides is 3. The summed E-state index contributed by atoms with van der Waals surface area (Å²) < 4.78 is 39.1. The number of halogens is 4. The van der Waals surface area contributed by atoms with Crippen molar-refractivity contribution in [2.24, 2.45) is 0 Å². The van der Waals surface area contributed by atoms with Crippen molar-refractivity contribution >= 4 is 22.6 Å². The van der Waals surface area contributed by atoms with Gasteiger partial charge in [0.2, 0.25) is 0 Å². The van der Waals surface area contributed by atoms with Crippen molar-refractivity contribution in [3.63, 3.8) is 0 Å². The lowest BCUT2D eigenvalue weighted by atomic mass is 10.1. The van der Waals surface area contributed by atoms with E-state index in [1.54, 1.807) is 12.1 Å². The lowest BCUT2D eigenvalue weighted by Gasteiger charge is -2.10. The number of nitrogens with zero attached hydrogens (tertiary/aromatic N) is 3. The fraction of sp³-hybridized carbons (Fsp3) is 0.0833. The smallest absolute Gasteiger partial charge is 0.260 e. The zero-order valence-corrected chi connectivity index (χ0v) is 10.5. The van der Waals surface area contributed by atoms with Gasteiger partial charge in [0, 0.05) is 11.6 Å². The van der Waals surface area contributed by atoms with E-state index in [2.05, 4.69) is 20.2 Å². The van der Waals surface area contributed by atoms with Crippen molar-refractivity contribution in [3.05, 3.63) is 41.2 Å². The molecule has 0 saturated heterocycles. The minimum absolute atomic E-state index is 0.0342. The summed E-state index contributed by atoms with van der Waals surface area (Å²) in [7, 11) is 0. The standard InChI is InChI=1S/C12H6ClF3N4/c13-8-4-3-7(12(14,15)16)10(18-8)9-6-2-1-5-17-11(6)20-19-9/h1-5H,(H,17,19,20). The molecule has 0 fully saturated rings. The van der Waals surface area contributed by atoms with Crippen molar-refractivity contribution in [2.75, 3.05) is 0 Å². The Balaban J connectivity index is 2.31. The second-order valence-electron chi connectivity index (χ2n) is 4.00. The van der Waals surface area contributed by atoms with Gasteiger partial charge >= 0.3 is 6.18 Å². The van der Waals surface area contributed by atoms with E-state index >= 15 is 0 Å². The fourth-order valence-corrected chi connectivity index (χ4v) is 2.03. The third kappa shape index (κ3) is 2.09. The number of fused-ring (bicyclic) bond motifs is 1. The van der Waals surface area contributed by atoms with Crippen LogP contribution in [-0.2, 0) is 6.18 Å². The Morgan fingerprint density at radius 3 is 2.65 bits per heavy atom. The first-order valence-electron chi connectivity index (χ1n) is 5.50. The van der Waals surface area contributed by atoms with Crippen LogP contribution in [0.1, 0.15) is 5.56 Å². The molecule has 0 radical (unpaired) electrons. The fourth-order valence-electron chi connectivity index (χ4n) is 1.88. The third-order valence-corrected chi connectivity index (χ3v) is 2.94. The Kier molecular flexibility index (Phi) is 2.86. The van der Waals surface area contributed by atoms with E-state index in [0.717, 1.165) is 12.1 Å². The van der Waals surface area contributed by atoms with Crippen LogP contribution in [0.25, 0.3) is 22.4 Å². The Hall–Kier alpha value is -2.15. The van der Waals surface area contributed by atoms with Gasteiger partial charge in [0.25, 0.3) is 0 Å². The molecule has 0 saturated carbocycles. The molecule has 3 aromatic heterocycles. The second kappa shape index (κ2) is 4.45. The van der Waals surface area contributed by atoms with Gasteiger partial charge in [-0.05, 0) is 24.3 Å². The van der Waals surface area contributed by atoms with Gasteiger partial charge in [0.1, 0.15) is 16.5 Å². The average Bonchev–Trinajstić information content (AvgIpc) is 2.80. The summed E-state index contributed by atoms with van der Waals surface area (Å²) >= 11 is 5.70. The maximum absolute atomic E-state index is 13.0. The van der Waals surface area contributed by atoms with E-state index in [-0.39, 0.29) is 16.5 Å². The molecule has 3 aromatic rings. The van der Waals surface area contributed by atoms with Gasteiger partial charge in [-0.3, -0.25) is 5.10 Å². The molecule has 0 amide bonds. The van der Waals surface area contributed by atoms with Crippen molar-refractivity contribution in [3.8, 4) is 11.4 Å². The van der Waals surface area contributed by atoms with Crippen LogP contribution in [-0.4, -0.2) is 20.2 Å². The third-order valence-electron chi connectivity index (χ3n) is 2.73. The first-order valence-corrected chi connectivity index (χ1v) is 5.88. The highest BCUT2D eigenvalue weighted by Gasteiger charge is 2.35. The van der Waals surface area contributed by atoms with E-state index in [9.17, 15) is 13.2 Å². The minimum Gasteiger partial charge on any atom is -0.260 e. The minimum atomic E-state index is -4.54. The Morgan fingerprint density at radius 2 is 1.90 bits per heavy atom. The average molecular weight is 299 g/mol. The molecule has 0 atom stereocenters. The molecule has 3 heterocycles. The number of hydrogen-bond donors (Lipinski definition) is 1. The van der Waals surface area contributed by atoms with Crippen LogP contribution in [0.5, 0.6) is 0 Å². The Bertz CT molecular complexity index is 782. The summed E-state index contributed by atoms with van der Waals surface area (Å²) in [6.45, 7) is 0. The molecular formula is C12H6ClF3N4. The van der Waals surface area contributed by atoms with Crippen LogP contribution in [0.3, 0.4) is 0 Å². The SMILES string of the molecule is FC(F)(F)c1ccc(Cl)nc1-c1n[nH]c2ncccc12. The highest BCUT2D eigenvalue weighted by molar-refractivity contribution is 6.29. The largest absolute Gasteiger partial charge is 0.418 e. The van der Waals surface area contributed by atoms with Crippen LogP contribution in [0.4, 0.5) is 13.2 Å². The van der Waals surface area contributed by atoms with Crippen LogP contribution >= 0.6 is 11.6 Å². The molecule has 3 rings (SSSR count). The molecule has 0 aliphatic carbocycles. The van der Waals surface area contributed by atoms with Crippen LogP contribution in [0.2, 0.25) is 5.15 Å². The number of pyridine rings is 2. The molecule has 4 nitrogen and oxygen atoms in total. The molecule has 0 unspecified atom stereocenters. The lowest BCUT2D eigenvalue weighted by molar-refractivity contribution is -0.137. The predicted octanol–water partition coefficient (Wildman–Crippen LogP) is 3.69. The van der Waals surface area contributed by atoms with E-state index in [4.69, 9.17) is 11.6 Å². The summed E-state index contributed by atoms with van der Waals surface area (Å²) in [5.41, 5.74) is -0.747. The zero-order valence-electron chi connectivity index (χ0n) is 9.74. The molecule has 1 N–H and O–H groups in total. The summed E-state index contributed by atoms with van der Waals surface area (Å²) in [6.07, 6.45) is -3.03. The molecular weight excluding hydrogens is 293 g/mol. The highest BCUT2D eigenvalue weighted by atomic mass is 35.5. The Labute approximate surface area is 115 Å². The first-order chi connectivity index (χ1) is 9.47. The highest BCUT2D eigenvalue weighted by Crippen LogP contribution is 2.37. The maximum Gasteiger partial charge on any atom is 0.418 e. The summed E-state index contributed by atoms with van der Waals surface area (Å²) in [6, 6.07) is 5.21. The molecule has 0 aromatic carbocycles. The van der Waals surface area contributed by atoms with E-state index in [1.807, 2.05) is 0 Å². The normalized spacial score (nSPS) is 12.0. The summed E-state index contributed by atoms with van der Waals surface area (Å²) in [4.78, 5) is 7.75. The van der Waals surface area contributed by atoms with Gasteiger partial charge in [-0.1, -0.05) is 11.6 Å². The molecule has 0 aliphatic heterocycles. The molecule has 0 aliphatic rings. The van der Waals surface area contributed by atoms with Gasteiger partial charge in [-0.15, -0.1) is 0 Å². The van der Waals surface area contributed by atoms with Crippen LogP contribution < -0.4 is 0 Å². The van der Waals surface area contributed by atoms with Crippen molar-refractivity contribution in [2.45, 2.75) is 6.18 Å². The maximum atomic E-state index is 13.0. The molecule has 0 spiro atoms. The number of nitrogens with one attached hydrogen (secondary N) is 1. The summed E-state index contributed by atoms with van der Waals surface area (Å²) in [5.74, 6) is 0. The van der Waals surface area contributed by atoms with E-state index in [0.29, 0.717) is 11.0 Å². The van der Waals surface area contributed by atoms with Crippen LogP contribution in [0, 0.1) is 0 Å². The predicted molar refractivity (Wildman–Crippen MR) is 67.1 cm³/mol. The topological polar surface area (TPSA) is 54.5 Å². The molecule has 102 valence electrons. The second-order valence-corrected chi connectivity index (χ2v) is 4.39. The van der Waals surface area contributed by atoms with Gasteiger partial charge in [-0.2, -0.15) is 18.3 Å². The Morgan fingerprint density at radius 1 is 1.10 bits per heavy atom. The molecule has 0 bridgehead atoms. The van der Waals surface area contributed by atoms with Gasteiger partial charge in [0.05, 0.1) is 5.56 Å². The monoisotopic (exact) mass is 298 g/mol. The molecule has 8 heteroatoms. The van der Waals surface area contributed by atoms with Crippen molar-refractivity contribution in [1.82, 2.24) is 20.2 Å². The lowest BCUT2D eigenvalue weighted by Crippen LogP contribution is -2.08. The number of aromatic amines is 1. The number of rotatable bonds is 1. The zero-order chi connectivity index (χ0) is 14.3. The molecule has 20 heavy (non-hydrogen) atoms. The van der Waals surface area contributed by atoms with Gasteiger partial charge in [0.15, 0.2) is 5.65 Å². The van der Waals surface area contributed by atoms with Crippen molar-refractivity contribution in [1.29, 1.82) is 0 Å².